The zero-order valence-electron chi connectivity index (χ0n) is 12.1. The first-order valence-corrected chi connectivity index (χ1v) is 7.74. The summed E-state index contributed by atoms with van der Waals surface area (Å²) in [5, 5.41) is 3.24. The third-order valence-electron chi connectivity index (χ3n) is 4.89. The Bertz CT molecular complexity index is 285. The van der Waals surface area contributed by atoms with Crippen molar-refractivity contribution in [1.29, 1.82) is 0 Å². The van der Waals surface area contributed by atoms with E-state index in [2.05, 4.69) is 12.2 Å². The monoisotopic (exact) mass is 288 g/mol. The second kappa shape index (κ2) is 8.11. The zero-order chi connectivity index (χ0) is 13.0. The van der Waals surface area contributed by atoms with E-state index >= 15 is 0 Å². The molecule has 0 aliphatic heterocycles. The molecule has 1 amide bonds. The molecule has 2 unspecified atom stereocenters. The van der Waals surface area contributed by atoms with Crippen LogP contribution >= 0.6 is 12.4 Å². The number of amides is 1. The van der Waals surface area contributed by atoms with Gasteiger partial charge >= 0.3 is 0 Å². The van der Waals surface area contributed by atoms with Gasteiger partial charge in [-0.25, -0.2) is 0 Å². The Kier molecular flexibility index (Phi) is 7.16. The van der Waals surface area contributed by atoms with Gasteiger partial charge in [0.05, 0.1) is 0 Å². The lowest BCUT2D eigenvalue weighted by Gasteiger charge is -2.29. The molecule has 2 rings (SSSR count). The van der Waals surface area contributed by atoms with Gasteiger partial charge in [-0.15, -0.1) is 12.4 Å². The standard InChI is InChI=1S/C15H28N2O.ClH/c1-2-11-5-3-7-13(9-11)17-15(18)10-12-6-4-8-14(12)16;/h11-14H,2-10,16H2,1H3,(H,17,18);1H/t11?,12-,13?,14+;/m0./s1. The van der Waals surface area contributed by atoms with Crippen molar-refractivity contribution in [3.05, 3.63) is 0 Å². The third-order valence-corrected chi connectivity index (χ3v) is 4.89. The minimum Gasteiger partial charge on any atom is -0.353 e. The van der Waals surface area contributed by atoms with Gasteiger partial charge in [-0.3, -0.25) is 4.79 Å². The molecule has 0 radical (unpaired) electrons. The van der Waals surface area contributed by atoms with Crippen molar-refractivity contribution < 1.29 is 4.79 Å². The first-order valence-electron chi connectivity index (χ1n) is 7.74. The Balaban J connectivity index is 0.00000180. The van der Waals surface area contributed by atoms with E-state index in [0.717, 1.165) is 18.8 Å². The number of carbonyl (C=O) groups excluding carboxylic acids is 1. The van der Waals surface area contributed by atoms with E-state index in [1.54, 1.807) is 0 Å². The molecule has 2 aliphatic rings. The summed E-state index contributed by atoms with van der Waals surface area (Å²) < 4.78 is 0. The molecule has 2 fully saturated rings. The van der Waals surface area contributed by atoms with Crippen LogP contribution in [0.3, 0.4) is 0 Å². The second-order valence-corrected chi connectivity index (χ2v) is 6.26. The molecule has 0 aromatic heterocycles. The minimum absolute atomic E-state index is 0. The van der Waals surface area contributed by atoms with E-state index in [1.807, 2.05) is 0 Å². The Morgan fingerprint density at radius 2 is 1.95 bits per heavy atom. The Morgan fingerprint density at radius 1 is 1.21 bits per heavy atom. The zero-order valence-corrected chi connectivity index (χ0v) is 12.9. The molecule has 0 bridgehead atoms. The molecule has 0 aromatic rings. The predicted octanol–water partition coefficient (Wildman–Crippen LogP) is 3.01. The summed E-state index contributed by atoms with van der Waals surface area (Å²) in [5.74, 6) is 1.48. The number of hydrogen-bond acceptors (Lipinski definition) is 2. The van der Waals surface area contributed by atoms with E-state index < -0.39 is 0 Å². The lowest BCUT2D eigenvalue weighted by Crippen LogP contribution is -2.40. The van der Waals surface area contributed by atoms with Crippen LogP contribution in [0.1, 0.15) is 64.7 Å². The van der Waals surface area contributed by atoms with Gasteiger partial charge in [-0.2, -0.15) is 0 Å². The van der Waals surface area contributed by atoms with E-state index in [4.69, 9.17) is 5.73 Å². The van der Waals surface area contributed by atoms with Crippen molar-refractivity contribution >= 4 is 18.3 Å². The maximum Gasteiger partial charge on any atom is 0.220 e. The summed E-state index contributed by atoms with van der Waals surface area (Å²) in [6.07, 6.45) is 10.3. The van der Waals surface area contributed by atoms with E-state index in [9.17, 15) is 4.79 Å². The molecule has 0 aromatic carbocycles. The lowest BCUT2D eigenvalue weighted by molar-refractivity contribution is -0.123. The highest BCUT2D eigenvalue weighted by atomic mass is 35.5. The van der Waals surface area contributed by atoms with Crippen molar-refractivity contribution in [2.24, 2.45) is 17.6 Å². The van der Waals surface area contributed by atoms with Crippen LogP contribution in [0.5, 0.6) is 0 Å². The first-order chi connectivity index (χ1) is 8.69. The van der Waals surface area contributed by atoms with Crippen molar-refractivity contribution in [1.82, 2.24) is 5.32 Å². The van der Waals surface area contributed by atoms with Gasteiger partial charge in [0.15, 0.2) is 0 Å². The second-order valence-electron chi connectivity index (χ2n) is 6.26. The van der Waals surface area contributed by atoms with Gasteiger partial charge in [-0.1, -0.05) is 32.6 Å². The molecule has 19 heavy (non-hydrogen) atoms. The molecule has 112 valence electrons. The predicted molar refractivity (Wildman–Crippen MR) is 81.4 cm³/mol. The fraction of sp³-hybridized carbons (Fsp3) is 0.933. The van der Waals surface area contributed by atoms with Crippen LogP contribution in [0, 0.1) is 11.8 Å². The minimum atomic E-state index is 0. The van der Waals surface area contributed by atoms with Crippen LogP contribution in [0.15, 0.2) is 0 Å². The van der Waals surface area contributed by atoms with Crippen LogP contribution in [0.4, 0.5) is 0 Å². The average molecular weight is 289 g/mol. The van der Waals surface area contributed by atoms with Gasteiger partial charge in [0.2, 0.25) is 5.91 Å². The molecule has 3 N–H and O–H groups in total. The van der Waals surface area contributed by atoms with E-state index in [-0.39, 0.29) is 24.4 Å². The molecule has 2 saturated carbocycles. The van der Waals surface area contributed by atoms with Crippen molar-refractivity contribution in [3.63, 3.8) is 0 Å². The molecule has 3 nitrogen and oxygen atoms in total. The van der Waals surface area contributed by atoms with E-state index in [1.165, 1.54) is 38.5 Å². The quantitative estimate of drug-likeness (QED) is 0.835. The highest BCUT2D eigenvalue weighted by Crippen LogP contribution is 2.28. The van der Waals surface area contributed by atoms with Crippen LogP contribution in [0.2, 0.25) is 0 Å². The fourth-order valence-corrected chi connectivity index (χ4v) is 3.64. The highest BCUT2D eigenvalue weighted by molar-refractivity contribution is 5.85. The van der Waals surface area contributed by atoms with Gasteiger partial charge in [-0.05, 0) is 37.5 Å². The van der Waals surface area contributed by atoms with Gasteiger partial charge < -0.3 is 11.1 Å². The normalized spacial score (nSPS) is 34.6. The summed E-state index contributed by atoms with van der Waals surface area (Å²) in [6, 6.07) is 0.680. The smallest absolute Gasteiger partial charge is 0.220 e. The number of nitrogens with two attached hydrogens (primary N) is 1. The lowest BCUT2D eigenvalue weighted by atomic mass is 9.84. The van der Waals surface area contributed by atoms with Crippen LogP contribution in [-0.2, 0) is 4.79 Å². The SMILES string of the molecule is CCC1CCCC(NC(=O)C[C@@H]2CCC[C@H]2N)C1.Cl. The number of rotatable bonds is 4. The van der Waals surface area contributed by atoms with E-state index in [0.29, 0.717) is 18.4 Å². The number of carbonyl (C=O) groups is 1. The summed E-state index contributed by atoms with van der Waals surface area (Å²) in [5.41, 5.74) is 6.02. The molecule has 4 heteroatoms. The molecular formula is C15H29ClN2O. The Labute approximate surface area is 123 Å². The number of hydrogen-bond donors (Lipinski definition) is 2. The van der Waals surface area contributed by atoms with Crippen LogP contribution < -0.4 is 11.1 Å². The highest BCUT2D eigenvalue weighted by Gasteiger charge is 2.28. The average Bonchev–Trinajstić information content (AvgIpc) is 2.75. The molecule has 4 atom stereocenters. The van der Waals surface area contributed by atoms with Crippen molar-refractivity contribution in [3.8, 4) is 0 Å². The largest absolute Gasteiger partial charge is 0.353 e. The summed E-state index contributed by atoms with van der Waals surface area (Å²) in [4.78, 5) is 12.0. The fourth-order valence-electron chi connectivity index (χ4n) is 3.64. The number of nitrogens with one attached hydrogen (secondary N) is 1. The molecule has 0 spiro atoms. The van der Waals surface area contributed by atoms with Gasteiger partial charge in [0.25, 0.3) is 0 Å². The summed E-state index contributed by atoms with van der Waals surface area (Å²) >= 11 is 0. The maximum atomic E-state index is 12.0. The number of halogens is 1. The molecule has 0 heterocycles. The van der Waals surface area contributed by atoms with Crippen molar-refractivity contribution in [2.75, 3.05) is 0 Å². The third kappa shape index (κ3) is 4.96. The van der Waals surface area contributed by atoms with Gasteiger partial charge in [0, 0.05) is 18.5 Å². The summed E-state index contributed by atoms with van der Waals surface area (Å²) in [6.45, 7) is 2.26. The Morgan fingerprint density at radius 3 is 2.58 bits per heavy atom. The van der Waals surface area contributed by atoms with Crippen LogP contribution in [0.25, 0.3) is 0 Å². The molecule has 0 saturated heterocycles. The molecular weight excluding hydrogens is 260 g/mol. The molecule has 2 aliphatic carbocycles. The van der Waals surface area contributed by atoms with Gasteiger partial charge in [0.1, 0.15) is 0 Å². The van der Waals surface area contributed by atoms with Crippen LogP contribution in [-0.4, -0.2) is 18.0 Å². The summed E-state index contributed by atoms with van der Waals surface area (Å²) in [7, 11) is 0. The topological polar surface area (TPSA) is 55.1 Å². The first kappa shape index (κ1) is 16.8. The van der Waals surface area contributed by atoms with Crippen molar-refractivity contribution in [2.45, 2.75) is 76.8 Å². The Hall–Kier alpha value is -0.280. The maximum absolute atomic E-state index is 12.0.